The fourth-order valence-corrected chi connectivity index (χ4v) is 3.26. The zero-order valence-corrected chi connectivity index (χ0v) is 14.2. The lowest BCUT2D eigenvalue weighted by atomic mass is 9.98. The number of carbonyl (C=O) groups is 2. The fourth-order valence-electron chi connectivity index (χ4n) is 3.26. The number of benzene rings is 2. The average molecular weight is 338 g/mol. The lowest BCUT2D eigenvalue weighted by Crippen LogP contribution is -2.58. The minimum Gasteiger partial charge on any atom is -0.462 e. The molecule has 0 unspecified atom stereocenters. The minimum atomic E-state index is -1.79. The Morgan fingerprint density at radius 1 is 1.00 bits per heavy atom. The van der Waals surface area contributed by atoms with Crippen molar-refractivity contribution in [2.75, 3.05) is 6.61 Å². The lowest BCUT2D eigenvalue weighted by molar-refractivity contribution is -0.152. The molecule has 0 saturated heterocycles. The Labute approximate surface area is 147 Å². The predicted molar refractivity (Wildman–Crippen MR) is 95.7 cm³/mol. The number of fused-ring (bicyclic) bond motifs is 3. The van der Waals surface area contributed by atoms with Crippen molar-refractivity contribution in [3.8, 4) is 11.1 Å². The zero-order valence-electron chi connectivity index (χ0n) is 14.2. The van der Waals surface area contributed by atoms with E-state index in [4.69, 9.17) is 16.2 Å². The van der Waals surface area contributed by atoms with Crippen molar-refractivity contribution in [3.05, 3.63) is 59.7 Å². The maximum Gasteiger partial charge on any atom is 0.341 e. The predicted octanol–water partition coefficient (Wildman–Crippen LogP) is 2.33. The van der Waals surface area contributed by atoms with Crippen molar-refractivity contribution < 1.29 is 14.3 Å². The van der Waals surface area contributed by atoms with E-state index < -0.39 is 11.6 Å². The topological polar surface area (TPSA) is 95.4 Å². The third-order valence-electron chi connectivity index (χ3n) is 4.61. The van der Waals surface area contributed by atoms with E-state index in [9.17, 15) is 9.59 Å². The Bertz CT molecular complexity index is 769. The Morgan fingerprint density at radius 2 is 1.52 bits per heavy atom. The van der Waals surface area contributed by atoms with E-state index in [0.717, 1.165) is 22.3 Å². The van der Waals surface area contributed by atoms with Crippen LogP contribution in [0.15, 0.2) is 48.5 Å². The first-order valence-electron chi connectivity index (χ1n) is 8.39. The van der Waals surface area contributed by atoms with E-state index in [2.05, 4.69) is 12.1 Å². The molecule has 0 aromatic heterocycles. The first-order chi connectivity index (χ1) is 11.9. The number of ketones is 1. The van der Waals surface area contributed by atoms with Crippen LogP contribution in [0.1, 0.15) is 36.8 Å². The molecule has 0 bridgehead atoms. The maximum absolute atomic E-state index is 12.3. The van der Waals surface area contributed by atoms with Crippen molar-refractivity contribution in [2.45, 2.75) is 31.3 Å². The van der Waals surface area contributed by atoms with Crippen LogP contribution < -0.4 is 11.5 Å². The molecule has 0 fully saturated rings. The normalized spacial score (nSPS) is 13.2. The molecule has 0 aliphatic heterocycles. The lowest BCUT2D eigenvalue weighted by Gasteiger charge is -2.23. The molecule has 0 saturated carbocycles. The summed E-state index contributed by atoms with van der Waals surface area (Å²) in [6, 6.07) is 16.1. The van der Waals surface area contributed by atoms with Crippen LogP contribution in [0.4, 0.5) is 0 Å². The molecule has 2 aromatic carbocycles. The second kappa shape index (κ2) is 6.78. The molecule has 5 heteroatoms. The fraction of sp³-hybridized carbons (Fsp3) is 0.300. The molecule has 1 aliphatic carbocycles. The van der Waals surface area contributed by atoms with E-state index in [1.54, 1.807) is 6.92 Å². The van der Waals surface area contributed by atoms with Crippen LogP contribution in [0.5, 0.6) is 0 Å². The van der Waals surface area contributed by atoms with E-state index in [-0.39, 0.29) is 31.1 Å². The van der Waals surface area contributed by atoms with Crippen LogP contribution in [0.25, 0.3) is 11.1 Å². The SMILES string of the molecule is CCC(=O)CC(N)(N)C(=O)OCC1c2ccccc2-c2ccccc21. The molecule has 130 valence electrons. The minimum absolute atomic E-state index is 0.0611. The molecule has 0 amide bonds. The highest BCUT2D eigenvalue weighted by atomic mass is 16.5. The molecule has 1 aliphatic rings. The number of carbonyl (C=O) groups excluding carboxylic acids is 2. The number of nitrogens with two attached hydrogens (primary N) is 2. The van der Waals surface area contributed by atoms with E-state index in [1.807, 2.05) is 36.4 Å². The van der Waals surface area contributed by atoms with Gasteiger partial charge in [-0.1, -0.05) is 55.5 Å². The molecule has 0 atom stereocenters. The smallest absolute Gasteiger partial charge is 0.341 e. The summed E-state index contributed by atoms with van der Waals surface area (Å²) in [6.45, 7) is 1.85. The summed E-state index contributed by atoms with van der Waals surface area (Å²) in [5.41, 5.74) is 14.3. The molecule has 25 heavy (non-hydrogen) atoms. The largest absolute Gasteiger partial charge is 0.462 e. The summed E-state index contributed by atoms with van der Waals surface area (Å²) in [5, 5.41) is 0. The second-order valence-corrected chi connectivity index (χ2v) is 6.43. The van der Waals surface area contributed by atoms with Gasteiger partial charge in [-0.25, -0.2) is 4.79 Å². The molecule has 3 rings (SSSR count). The third kappa shape index (κ3) is 3.34. The van der Waals surface area contributed by atoms with E-state index in [0.29, 0.717) is 0 Å². The van der Waals surface area contributed by atoms with Gasteiger partial charge >= 0.3 is 5.97 Å². The van der Waals surface area contributed by atoms with E-state index in [1.165, 1.54) is 0 Å². The zero-order chi connectivity index (χ0) is 18.0. The van der Waals surface area contributed by atoms with Crippen LogP contribution in [0, 0.1) is 0 Å². The van der Waals surface area contributed by atoms with Gasteiger partial charge in [0.15, 0.2) is 5.66 Å². The summed E-state index contributed by atoms with van der Waals surface area (Å²) in [4.78, 5) is 23.8. The van der Waals surface area contributed by atoms with Gasteiger partial charge in [0, 0.05) is 18.8 Å². The highest BCUT2D eigenvalue weighted by molar-refractivity contribution is 5.89. The van der Waals surface area contributed by atoms with Gasteiger partial charge in [-0.15, -0.1) is 0 Å². The average Bonchev–Trinajstić information content (AvgIpc) is 2.93. The number of rotatable bonds is 6. The van der Waals surface area contributed by atoms with Gasteiger partial charge in [-0.2, -0.15) is 0 Å². The monoisotopic (exact) mass is 338 g/mol. The Hall–Kier alpha value is -2.50. The Balaban J connectivity index is 1.78. The summed E-state index contributed by atoms with van der Waals surface area (Å²) in [7, 11) is 0. The van der Waals surface area contributed by atoms with Crippen molar-refractivity contribution in [2.24, 2.45) is 11.5 Å². The molecular weight excluding hydrogens is 316 g/mol. The van der Waals surface area contributed by atoms with Crippen LogP contribution in [0.2, 0.25) is 0 Å². The molecule has 0 radical (unpaired) electrons. The first-order valence-corrected chi connectivity index (χ1v) is 8.39. The standard InChI is InChI=1S/C20H22N2O3/c1-2-13(23)11-20(21,22)19(24)25-12-18-16-9-5-3-7-14(16)15-8-4-6-10-17(15)18/h3-10,18H,2,11-12,21-22H2,1H3. The van der Waals surface area contributed by atoms with Gasteiger partial charge in [0.25, 0.3) is 0 Å². The number of Topliss-reactive ketones (excluding diaryl/α,β-unsaturated/α-hetero) is 1. The molecule has 0 spiro atoms. The van der Waals surface area contributed by atoms with Crippen molar-refractivity contribution in [1.82, 2.24) is 0 Å². The number of esters is 1. The Morgan fingerprint density at radius 3 is 2.04 bits per heavy atom. The van der Waals surface area contributed by atoms with Gasteiger partial charge < -0.3 is 16.2 Å². The summed E-state index contributed by atoms with van der Waals surface area (Å²) < 4.78 is 5.41. The molecule has 0 heterocycles. The third-order valence-corrected chi connectivity index (χ3v) is 4.61. The highest BCUT2D eigenvalue weighted by Gasteiger charge is 2.35. The quantitative estimate of drug-likeness (QED) is 0.622. The highest BCUT2D eigenvalue weighted by Crippen LogP contribution is 2.44. The van der Waals surface area contributed by atoms with Crippen LogP contribution >= 0.6 is 0 Å². The number of hydrogen-bond acceptors (Lipinski definition) is 5. The van der Waals surface area contributed by atoms with Crippen LogP contribution in [-0.2, 0) is 14.3 Å². The van der Waals surface area contributed by atoms with E-state index >= 15 is 0 Å². The van der Waals surface area contributed by atoms with Gasteiger partial charge in [0.05, 0.1) is 0 Å². The van der Waals surface area contributed by atoms with Gasteiger partial charge in [-0.05, 0) is 22.3 Å². The van der Waals surface area contributed by atoms with Gasteiger partial charge in [0.1, 0.15) is 12.4 Å². The summed E-state index contributed by atoms with van der Waals surface area (Å²) in [6.07, 6.45) is 0.0625. The van der Waals surface area contributed by atoms with Crippen molar-refractivity contribution >= 4 is 11.8 Å². The second-order valence-electron chi connectivity index (χ2n) is 6.43. The molecular formula is C20H22N2O3. The van der Waals surface area contributed by atoms with Gasteiger partial charge in [0.2, 0.25) is 0 Å². The molecule has 2 aromatic rings. The van der Waals surface area contributed by atoms with Crippen molar-refractivity contribution in [1.29, 1.82) is 0 Å². The Kier molecular flexibility index (Phi) is 4.70. The van der Waals surface area contributed by atoms with Crippen LogP contribution in [-0.4, -0.2) is 24.0 Å². The van der Waals surface area contributed by atoms with Gasteiger partial charge in [-0.3, -0.25) is 4.79 Å². The number of ether oxygens (including phenoxy) is 1. The molecule has 5 nitrogen and oxygen atoms in total. The summed E-state index contributed by atoms with van der Waals surface area (Å²) in [5.74, 6) is -0.983. The summed E-state index contributed by atoms with van der Waals surface area (Å²) >= 11 is 0. The first kappa shape index (κ1) is 17.3. The molecule has 4 N–H and O–H groups in total. The van der Waals surface area contributed by atoms with Crippen molar-refractivity contribution in [3.63, 3.8) is 0 Å². The maximum atomic E-state index is 12.3. The number of hydrogen-bond donors (Lipinski definition) is 2. The van der Waals surface area contributed by atoms with Crippen LogP contribution in [0.3, 0.4) is 0 Å².